The summed E-state index contributed by atoms with van der Waals surface area (Å²) in [6.07, 6.45) is 5.61. The lowest BCUT2D eigenvalue weighted by Gasteiger charge is -2.11. The van der Waals surface area contributed by atoms with Crippen LogP contribution in [-0.4, -0.2) is 20.5 Å². The van der Waals surface area contributed by atoms with Crippen molar-refractivity contribution in [2.24, 2.45) is 0 Å². The van der Waals surface area contributed by atoms with Gasteiger partial charge in [0.1, 0.15) is 0 Å². The Kier molecular flexibility index (Phi) is 10.2. The van der Waals surface area contributed by atoms with Crippen molar-refractivity contribution in [2.75, 3.05) is 13.2 Å². The zero-order chi connectivity index (χ0) is 10.6. The Morgan fingerprint density at radius 1 is 1.07 bits per heavy atom. The summed E-state index contributed by atoms with van der Waals surface area (Å²) in [6.45, 7) is 9.04. The number of hydrogen-bond acceptors (Lipinski definition) is 3. The maximum Gasteiger partial charge on any atom is 0.712 e. The average molecular weight is 200 g/mol. The summed E-state index contributed by atoms with van der Waals surface area (Å²) < 4.78 is 15.8. The largest absolute Gasteiger partial charge is 0.712 e. The van der Waals surface area contributed by atoms with Gasteiger partial charge in [-0.15, -0.1) is 0 Å². The molecule has 0 aromatic heterocycles. The van der Waals surface area contributed by atoms with Gasteiger partial charge in [-0.05, 0) is 12.8 Å². The fourth-order valence-corrected chi connectivity index (χ4v) is 0.853. The van der Waals surface area contributed by atoms with Crippen molar-refractivity contribution >= 4 is 7.32 Å². The van der Waals surface area contributed by atoms with Crippen LogP contribution in [0.1, 0.15) is 39.5 Å². The molecule has 0 spiro atoms. The van der Waals surface area contributed by atoms with E-state index in [1.165, 1.54) is 6.26 Å². The van der Waals surface area contributed by atoms with Gasteiger partial charge in [0.05, 0.1) is 6.26 Å². The second-order valence-electron chi connectivity index (χ2n) is 3.04. The first-order valence-electron chi connectivity index (χ1n) is 5.34. The quantitative estimate of drug-likeness (QED) is 0.308. The van der Waals surface area contributed by atoms with Gasteiger partial charge in [0.15, 0.2) is 0 Å². The molecule has 0 bridgehead atoms. The van der Waals surface area contributed by atoms with Gasteiger partial charge in [0.25, 0.3) is 0 Å². The minimum absolute atomic E-state index is 0.578. The van der Waals surface area contributed by atoms with Gasteiger partial charge < -0.3 is 14.0 Å². The number of unbranched alkanes of at least 4 members (excludes halogenated alkanes) is 2. The van der Waals surface area contributed by atoms with E-state index in [1.807, 2.05) is 0 Å². The second-order valence-corrected chi connectivity index (χ2v) is 3.04. The van der Waals surface area contributed by atoms with E-state index in [1.54, 1.807) is 0 Å². The molecule has 14 heavy (non-hydrogen) atoms. The predicted molar refractivity (Wildman–Crippen MR) is 58.8 cm³/mol. The lowest BCUT2D eigenvalue weighted by molar-refractivity contribution is 0.123. The lowest BCUT2D eigenvalue weighted by atomic mass is 10.2. The van der Waals surface area contributed by atoms with Crippen LogP contribution >= 0.6 is 0 Å². The van der Waals surface area contributed by atoms with Crippen LogP contribution in [0.25, 0.3) is 0 Å². The highest BCUT2D eigenvalue weighted by atomic mass is 16.7. The Bertz CT molecular complexity index is 121. The van der Waals surface area contributed by atoms with Crippen LogP contribution in [0, 0.1) is 0 Å². The Morgan fingerprint density at radius 3 is 1.93 bits per heavy atom. The van der Waals surface area contributed by atoms with Crippen molar-refractivity contribution in [3.8, 4) is 0 Å². The van der Waals surface area contributed by atoms with Gasteiger partial charge in [0.2, 0.25) is 0 Å². The molecular formula is C10H21BO3. The molecule has 0 atom stereocenters. The Balaban J connectivity index is 3.49. The van der Waals surface area contributed by atoms with E-state index >= 15 is 0 Å². The van der Waals surface area contributed by atoms with Crippen molar-refractivity contribution < 1.29 is 14.0 Å². The summed E-state index contributed by atoms with van der Waals surface area (Å²) in [6, 6.07) is 0. The standard InChI is InChI=1S/C10H21BO3/c1-4-7-9-13-11(12-6-3)14-10-8-5-2/h6H,3-5,7-10H2,1-2H3. The van der Waals surface area contributed by atoms with E-state index in [2.05, 4.69) is 20.4 Å². The number of rotatable bonds is 10. The Labute approximate surface area is 87.6 Å². The molecule has 4 heteroatoms. The van der Waals surface area contributed by atoms with Crippen LogP contribution in [0.4, 0.5) is 0 Å². The molecule has 0 N–H and O–H groups in total. The summed E-state index contributed by atoms with van der Waals surface area (Å²) in [7, 11) is -0.578. The van der Waals surface area contributed by atoms with Gasteiger partial charge >= 0.3 is 7.32 Å². The molecule has 0 radical (unpaired) electrons. The first-order chi connectivity index (χ1) is 6.85. The third kappa shape index (κ3) is 8.14. The monoisotopic (exact) mass is 200 g/mol. The third-order valence-electron chi connectivity index (χ3n) is 1.71. The Morgan fingerprint density at radius 2 is 1.57 bits per heavy atom. The molecule has 0 amide bonds. The molecule has 0 heterocycles. The van der Waals surface area contributed by atoms with E-state index < -0.39 is 7.32 Å². The summed E-state index contributed by atoms with van der Waals surface area (Å²) >= 11 is 0. The third-order valence-corrected chi connectivity index (χ3v) is 1.71. The minimum atomic E-state index is -0.578. The SMILES string of the molecule is C=COB(OCCCC)OCCCC. The van der Waals surface area contributed by atoms with Crippen LogP contribution in [-0.2, 0) is 14.0 Å². The van der Waals surface area contributed by atoms with Crippen molar-refractivity contribution in [3.63, 3.8) is 0 Å². The van der Waals surface area contributed by atoms with Crippen LogP contribution < -0.4 is 0 Å². The van der Waals surface area contributed by atoms with E-state index in [0.717, 1.165) is 25.7 Å². The molecule has 0 fully saturated rings. The summed E-state index contributed by atoms with van der Waals surface area (Å²) in [5.41, 5.74) is 0. The maximum atomic E-state index is 5.35. The molecule has 3 nitrogen and oxygen atoms in total. The topological polar surface area (TPSA) is 27.7 Å². The van der Waals surface area contributed by atoms with Gasteiger partial charge in [-0.1, -0.05) is 33.3 Å². The molecule has 0 aromatic rings. The van der Waals surface area contributed by atoms with Gasteiger partial charge in [-0.25, -0.2) is 0 Å². The van der Waals surface area contributed by atoms with Crippen LogP contribution in [0.2, 0.25) is 0 Å². The van der Waals surface area contributed by atoms with E-state index in [9.17, 15) is 0 Å². The van der Waals surface area contributed by atoms with Crippen LogP contribution in [0.3, 0.4) is 0 Å². The highest BCUT2D eigenvalue weighted by Gasteiger charge is 2.20. The van der Waals surface area contributed by atoms with Crippen molar-refractivity contribution in [3.05, 3.63) is 12.8 Å². The van der Waals surface area contributed by atoms with E-state index in [4.69, 9.17) is 14.0 Å². The molecule has 0 aliphatic rings. The zero-order valence-corrected chi connectivity index (χ0v) is 9.33. The number of hydrogen-bond donors (Lipinski definition) is 0. The maximum absolute atomic E-state index is 5.35. The highest BCUT2D eigenvalue weighted by Crippen LogP contribution is 1.98. The molecule has 0 aliphatic carbocycles. The fraction of sp³-hybridized carbons (Fsp3) is 0.800. The lowest BCUT2D eigenvalue weighted by Crippen LogP contribution is -2.26. The van der Waals surface area contributed by atoms with Gasteiger partial charge in [-0.2, -0.15) is 0 Å². The summed E-state index contributed by atoms with van der Waals surface area (Å²) in [5.74, 6) is 0. The van der Waals surface area contributed by atoms with Crippen molar-refractivity contribution in [1.82, 2.24) is 0 Å². The molecule has 0 rings (SSSR count). The molecule has 82 valence electrons. The smallest absolute Gasteiger partial charge is 0.519 e. The minimum Gasteiger partial charge on any atom is -0.519 e. The van der Waals surface area contributed by atoms with E-state index in [0.29, 0.717) is 13.2 Å². The molecule has 0 saturated heterocycles. The highest BCUT2D eigenvalue weighted by molar-refractivity contribution is 6.36. The first kappa shape index (κ1) is 13.5. The van der Waals surface area contributed by atoms with Gasteiger partial charge in [0, 0.05) is 13.2 Å². The van der Waals surface area contributed by atoms with Crippen LogP contribution in [0.5, 0.6) is 0 Å². The fourth-order valence-electron chi connectivity index (χ4n) is 0.853. The van der Waals surface area contributed by atoms with Crippen molar-refractivity contribution in [1.29, 1.82) is 0 Å². The molecule has 0 aliphatic heterocycles. The second kappa shape index (κ2) is 10.6. The van der Waals surface area contributed by atoms with E-state index in [-0.39, 0.29) is 0 Å². The molecule has 0 unspecified atom stereocenters. The average Bonchev–Trinajstić information content (AvgIpc) is 2.18. The predicted octanol–water partition coefficient (Wildman–Crippen LogP) is 2.76. The van der Waals surface area contributed by atoms with Gasteiger partial charge in [-0.3, -0.25) is 0 Å². The summed E-state index contributed by atoms with van der Waals surface area (Å²) in [5, 5.41) is 0. The molecular weight excluding hydrogens is 179 g/mol. The Hall–Kier alpha value is -0.475. The van der Waals surface area contributed by atoms with Crippen molar-refractivity contribution in [2.45, 2.75) is 39.5 Å². The van der Waals surface area contributed by atoms with Crippen LogP contribution in [0.15, 0.2) is 12.8 Å². The molecule has 0 saturated carbocycles. The summed E-state index contributed by atoms with van der Waals surface area (Å²) in [4.78, 5) is 0. The molecule has 0 aromatic carbocycles. The normalized spacial score (nSPS) is 9.86. The zero-order valence-electron chi connectivity index (χ0n) is 9.33. The first-order valence-corrected chi connectivity index (χ1v) is 5.34.